The molecule has 2 aliphatic carbocycles. The van der Waals surface area contributed by atoms with Crippen LogP contribution in [0.3, 0.4) is 0 Å². The van der Waals surface area contributed by atoms with Crippen molar-refractivity contribution in [3.8, 4) is 0 Å². The zero-order chi connectivity index (χ0) is 29.4. The molecule has 8 rings (SSSR count). The number of amides is 2. The molecule has 39 heavy (non-hydrogen) atoms. The molecular formula is C29H48N2O7Si. The standard InChI is InChI=1S/C29H48N2O7Si/c1-12-15-28(35)21(32)27-16-13-14-17(38-39(10,11)24(2,3)4)29(27)20-18(36-25(5,6)37-20)19(30(8)23(29)34)26(28,7)22(33)31(27)9/h12,17-21,32,35H,1,13-16H2,2-11H3/t17-,18-,19+,20-,21+,26+,27-,28+,29+/m1/s1. The van der Waals surface area contributed by atoms with Crippen LogP contribution >= 0.6 is 0 Å². The van der Waals surface area contributed by atoms with Gasteiger partial charge in [0.2, 0.25) is 11.8 Å². The molecule has 0 aromatic carbocycles. The van der Waals surface area contributed by atoms with Crippen LogP contribution in [-0.4, -0.2) is 102 Å². The van der Waals surface area contributed by atoms with E-state index in [0.29, 0.717) is 19.3 Å². The van der Waals surface area contributed by atoms with Crippen molar-refractivity contribution < 1.29 is 33.7 Å². The van der Waals surface area contributed by atoms with Crippen molar-refractivity contribution in [1.82, 2.24) is 9.80 Å². The topological polar surface area (TPSA) is 109 Å². The van der Waals surface area contributed by atoms with Gasteiger partial charge in [-0.25, -0.2) is 0 Å². The molecule has 2 spiro atoms. The van der Waals surface area contributed by atoms with Crippen LogP contribution in [0.5, 0.6) is 0 Å². The van der Waals surface area contributed by atoms with Crippen molar-refractivity contribution in [2.24, 2.45) is 10.8 Å². The van der Waals surface area contributed by atoms with Gasteiger partial charge in [-0.05, 0) is 64.6 Å². The molecule has 0 unspecified atom stereocenters. The fourth-order valence-corrected chi connectivity index (χ4v) is 10.2. The van der Waals surface area contributed by atoms with Crippen molar-refractivity contribution >= 4 is 20.1 Å². The molecule has 4 bridgehead atoms. The van der Waals surface area contributed by atoms with Crippen LogP contribution in [0.15, 0.2) is 12.7 Å². The summed E-state index contributed by atoms with van der Waals surface area (Å²) in [4.78, 5) is 32.9. The molecule has 6 saturated heterocycles. The number of hydrogen-bond donors (Lipinski definition) is 2. The summed E-state index contributed by atoms with van der Waals surface area (Å²) in [5, 5.41) is 25.0. The molecule has 0 radical (unpaired) electrons. The predicted octanol–water partition coefficient (Wildman–Crippen LogP) is 2.81. The third kappa shape index (κ3) is 3.08. The van der Waals surface area contributed by atoms with E-state index in [2.05, 4.69) is 40.4 Å². The molecule has 0 aromatic heterocycles. The van der Waals surface area contributed by atoms with Gasteiger partial charge in [0.05, 0.1) is 17.7 Å². The van der Waals surface area contributed by atoms with Crippen molar-refractivity contribution in [1.29, 1.82) is 0 Å². The zero-order valence-corrected chi connectivity index (χ0v) is 26.3. The van der Waals surface area contributed by atoms with Crippen LogP contribution in [0.1, 0.15) is 67.2 Å². The minimum Gasteiger partial charge on any atom is -0.413 e. The van der Waals surface area contributed by atoms with Gasteiger partial charge >= 0.3 is 0 Å². The first-order valence-corrected chi connectivity index (χ1v) is 17.2. The number of nitrogens with zero attached hydrogens (tertiary/aromatic N) is 2. The van der Waals surface area contributed by atoms with Gasteiger partial charge < -0.3 is 33.9 Å². The van der Waals surface area contributed by atoms with Gasteiger partial charge in [-0.1, -0.05) is 26.8 Å². The van der Waals surface area contributed by atoms with Gasteiger partial charge in [-0.15, -0.1) is 6.58 Å². The fraction of sp³-hybridized carbons (Fsp3) is 0.862. The number of carbonyl (C=O) groups excluding carboxylic acids is 2. The van der Waals surface area contributed by atoms with Crippen LogP contribution in [-0.2, 0) is 23.5 Å². The summed E-state index contributed by atoms with van der Waals surface area (Å²) in [5.41, 5.74) is -6.48. The van der Waals surface area contributed by atoms with Crippen LogP contribution in [0.4, 0.5) is 0 Å². The first-order chi connectivity index (χ1) is 17.7. The Bertz CT molecular complexity index is 1110. The normalized spacial score (nSPS) is 47.1. The average molecular weight is 565 g/mol. The Kier molecular flexibility index (Phi) is 6.11. The number of hydrogen-bond acceptors (Lipinski definition) is 7. The highest BCUT2D eigenvalue weighted by molar-refractivity contribution is 6.74. The first-order valence-electron chi connectivity index (χ1n) is 14.3. The second kappa shape index (κ2) is 8.16. The van der Waals surface area contributed by atoms with E-state index in [0.717, 1.165) is 0 Å². The summed E-state index contributed by atoms with van der Waals surface area (Å²) >= 11 is 0. The number of ether oxygens (including phenoxy) is 2. The number of rotatable bonds is 4. The highest BCUT2D eigenvalue weighted by Gasteiger charge is 2.88. The Morgan fingerprint density at radius 1 is 1.15 bits per heavy atom. The molecule has 8 aliphatic rings. The third-order valence-corrected chi connectivity index (χ3v) is 16.2. The van der Waals surface area contributed by atoms with Crippen LogP contribution < -0.4 is 0 Å². The van der Waals surface area contributed by atoms with E-state index in [4.69, 9.17) is 13.9 Å². The highest BCUT2D eigenvalue weighted by Crippen LogP contribution is 2.69. The monoisotopic (exact) mass is 564 g/mol. The second-order valence-corrected chi connectivity index (χ2v) is 19.6. The molecule has 9 nitrogen and oxygen atoms in total. The number of likely N-dealkylation sites (N-methyl/N-ethyl adjacent to an activating group) is 2. The fourth-order valence-electron chi connectivity index (χ4n) is 8.87. The average Bonchev–Trinajstić information content (AvgIpc) is 3.14. The maximum atomic E-state index is 15.1. The van der Waals surface area contributed by atoms with Crippen LogP contribution in [0.25, 0.3) is 0 Å². The summed E-state index contributed by atoms with van der Waals surface area (Å²) in [6.07, 6.45) is -0.570. The van der Waals surface area contributed by atoms with Gasteiger partial charge in [0.1, 0.15) is 34.7 Å². The van der Waals surface area contributed by atoms with E-state index in [1.807, 2.05) is 13.8 Å². The van der Waals surface area contributed by atoms with Gasteiger partial charge in [0, 0.05) is 14.1 Å². The first kappa shape index (κ1) is 29.2. The van der Waals surface area contributed by atoms with E-state index in [9.17, 15) is 15.0 Å². The Morgan fingerprint density at radius 3 is 2.33 bits per heavy atom. The second-order valence-electron chi connectivity index (χ2n) is 14.8. The lowest BCUT2D eigenvalue weighted by Gasteiger charge is -2.76. The van der Waals surface area contributed by atoms with Gasteiger partial charge in [0.15, 0.2) is 14.1 Å². The zero-order valence-electron chi connectivity index (χ0n) is 25.3. The number of piperidine rings is 2. The molecule has 220 valence electrons. The molecule has 2 N–H and O–H groups in total. The van der Waals surface area contributed by atoms with Gasteiger partial charge in [-0.2, -0.15) is 0 Å². The smallest absolute Gasteiger partial charge is 0.236 e. The van der Waals surface area contributed by atoms with Crippen LogP contribution in [0, 0.1) is 10.8 Å². The lowest BCUT2D eigenvalue weighted by molar-refractivity contribution is -0.324. The quantitative estimate of drug-likeness (QED) is 0.399. The molecular weight excluding hydrogens is 516 g/mol. The molecule has 6 heterocycles. The van der Waals surface area contributed by atoms with E-state index in [1.54, 1.807) is 36.9 Å². The Balaban J connectivity index is 1.90. The number of aliphatic hydroxyl groups is 2. The largest absolute Gasteiger partial charge is 0.413 e. The molecule has 8 fully saturated rings. The van der Waals surface area contributed by atoms with Gasteiger partial charge in [-0.3, -0.25) is 9.59 Å². The molecule has 6 aliphatic heterocycles. The molecule has 9 atom stereocenters. The van der Waals surface area contributed by atoms with Crippen molar-refractivity contribution in [2.75, 3.05) is 14.1 Å². The molecule has 2 saturated carbocycles. The Morgan fingerprint density at radius 2 is 1.77 bits per heavy atom. The maximum Gasteiger partial charge on any atom is 0.236 e. The van der Waals surface area contributed by atoms with E-state index < -0.39 is 66.5 Å². The minimum atomic E-state index is -2.47. The lowest BCUT2D eigenvalue weighted by Crippen LogP contribution is -2.95. The summed E-state index contributed by atoms with van der Waals surface area (Å²) in [5.74, 6) is -1.58. The molecule has 10 heteroatoms. The molecule has 2 amide bonds. The van der Waals surface area contributed by atoms with Crippen LogP contribution in [0.2, 0.25) is 18.1 Å². The summed E-state index contributed by atoms with van der Waals surface area (Å²) in [6.45, 7) is 19.9. The third-order valence-electron chi connectivity index (χ3n) is 11.7. The number of carbonyl (C=O) groups is 2. The van der Waals surface area contributed by atoms with E-state index in [1.165, 1.54) is 0 Å². The lowest BCUT2D eigenvalue weighted by atomic mass is 9.40. The SMILES string of the molecule is C=CC[C@]1(O)[C@@H](O)[C@]23CCC[C@@H](O[Si](C)(C)C(C)(C)C)[C@]24C(=O)N(C)[C@@H]([C@H]2OC(C)(C)O[C@H]24)[C@@]1(C)C(=O)N3C. The maximum absolute atomic E-state index is 15.1. The molecule has 0 aromatic rings. The summed E-state index contributed by atoms with van der Waals surface area (Å²) < 4.78 is 20.4. The van der Waals surface area contributed by atoms with E-state index in [-0.39, 0.29) is 23.3 Å². The van der Waals surface area contributed by atoms with Crippen molar-refractivity contribution in [3.05, 3.63) is 12.7 Å². The summed E-state index contributed by atoms with van der Waals surface area (Å²) in [6, 6.07) is -0.884. The Labute approximate surface area is 234 Å². The summed E-state index contributed by atoms with van der Waals surface area (Å²) in [7, 11) is 0.913. The predicted molar refractivity (Wildman–Crippen MR) is 148 cm³/mol. The van der Waals surface area contributed by atoms with Crippen molar-refractivity contribution in [2.45, 2.75) is 133 Å². The minimum absolute atomic E-state index is 0.0179. The highest BCUT2D eigenvalue weighted by atomic mass is 28.4. The van der Waals surface area contributed by atoms with Crippen molar-refractivity contribution in [3.63, 3.8) is 0 Å². The Hall–Kier alpha value is -1.30. The van der Waals surface area contributed by atoms with E-state index >= 15 is 4.79 Å². The number of aliphatic hydroxyl groups excluding tert-OH is 1. The van der Waals surface area contributed by atoms with Gasteiger partial charge in [0.25, 0.3) is 0 Å².